The van der Waals surface area contributed by atoms with Crippen molar-refractivity contribution in [2.75, 3.05) is 6.61 Å². The van der Waals surface area contributed by atoms with Gasteiger partial charge in [0.05, 0.1) is 40.4 Å². The molecule has 71 heavy (non-hydrogen) atoms. The van der Waals surface area contributed by atoms with Crippen molar-refractivity contribution >= 4 is 28.9 Å². The van der Waals surface area contributed by atoms with Crippen molar-refractivity contribution in [2.45, 2.75) is 68.3 Å². The summed E-state index contributed by atoms with van der Waals surface area (Å²) in [7, 11) is 0. The minimum absolute atomic E-state index is 0.0237. The third-order valence-electron chi connectivity index (χ3n) is 10.7. The molecule has 0 aliphatic rings. The highest BCUT2D eigenvalue weighted by molar-refractivity contribution is 5.90. The van der Waals surface area contributed by atoms with Crippen molar-refractivity contribution in [1.82, 2.24) is 28.2 Å². The van der Waals surface area contributed by atoms with Crippen LogP contribution in [-0.4, -0.2) is 51.8 Å². The summed E-state index contributed by atoms with van der Waals surface area (Å²) in [4.78, 5) is 36.5. The van der Waals surface area contributed by atoms with Crippen molar-refractivity contribution in [1.29, 1.82) is 0 Å². The Bertz CT molecular complexity index is 3400. The summed E-state index contributed by atoms with van der Waals surface area (Å²) >= 11 is 0. The lowest BCUT2D eigenvalue weighted by Crippen LogP contribution is -2.10. The van der Waals surface area contributed by atoms with Crippen LogP contribution in [0.2, 0.25) is 0 Å². The number of rotatable bonds is 12. The van der Waals surface area contributed by atoms with Crippen LogP contribution in [0.25, 0.3) is 16.9 Å². The number of carbonyl (C=O) groups is 2. The molecule has 6 heterocycles. The van der Waals surface area contributed by atoms with Crippen LogP contribution in [0.4, 0.5) is 26.3 Å². The van der Waals surface area contributed by atoms with Gasteiger partial charge in [-0.25, -0.2) is 50.9 Å². The molecule has 0 fully saturated rings. The third kappa shape index (κ3) is 11.2. The quantitative estimate of drug-likeness (QED) is 0.0928. The zero-order valence-electron chi connectivity index (χ0n) is 39.4. The predicted octanol–water partition coefficient (Wildman–Crippen LogP) is 11.3. The molecule has 0 spiro atoms. The minimum Gasteiger partial charge on any atom is -0.485 e. The van der Waals surface area contributed by atoms with E-state index in [0.29, 0.717) is 39.9 Å². The Balaban J connectivity index is 0.000000157. The van der Waals surface area contributed by atoms with Crippen LogP contribution in [-0.2, 0) is 24.6 Å². The maximum Gasteiger partial charge on any atom is 0.357 e. The Morgan fingerprint density at radius 1 is 0.521 bits per heavy atom. The van der Waals surface area contributed by atoms with Gasteiger partial charge in [0.2, 0.25) is 0 Å². The van der Waals surface area contributed by atoms with Gasteiger partial charge in [-0.3, -0.25) is 8.80 Å². The number of aromatic nitrogens is 6. The zero-order chi connectivity index (χ0) is 51.3. The number of halogens is 6. The number of benzene rings is 3. The van der Waals surface area contributed by atoms with Crippen molar-refractivity contribution in [3.8, 4) is 17.2 Å². The smallest absolute Gasteiger partial charge is 0.357 e. The first kappa shape index (κ1) is 50.5. The highest BCUT2D eigenvalue weighted by Gasteiger charge is 2.22. The molecule has 3 aromatic carbocycles. The summed E-state index contributed by atoms with van der Waals surface area (Å²) in [6.07, 6.45) is 7.15. The number of ether oxygens (including phenoxy) is 4. The van der Waals surface area contributed by atoms with Crippen LogP contribution < -0.4 is 14.2 Å². The fourth-order valence-electron chi connectivity index (χ4n) is 7.52. The standard InChI is InChI=1S/C19H18F2N2O3.C17H14F2N2O3.C16H14F2N2O/c1-4-25-19(24)17-12(3)22-18-16(8-11(2)9-23(17)18)26-10-13-14(20)6-5-7-15(13)21;1-9-6-14(24-8-11-12(18)4-3-5-13(11)19)16-20-10(2)15(17(22)23)21(16)7-9;1-10-6-15(16-19-11(2)8-20(16)7-10)21-9-12-13(17)4-3-5-14(12)18/h5-9H,4,10H2,1-3H3;3-7H,8H2,1-2H3,(H,22,23);3-8H,9H2,1-2H3. The second-order valence-electron chi connectivity index (χ2n) is 16.2. The molecule has 0 saturated heterocycles. The van der Waals surface area contributed by atoms with E-state index in [2.05, 4.69) is 15.0 Å². The molecule has 1 N–H and O–H groups in total. The molecule has 0 aliphatic heterocycles. The monoisotopic (exact) mass is 980 g/mol. The molecule has 368 valence electrons. The Labute approximate surface area is 402 Å². The van der Waals surface area contributed by atoms with Crippen LogP contribution in [0, 0.1) is 76.4 Å². The number of aryl methyl sites for hydroxylation is 6. The number of carboxylic acid groups (broad SMARTS) is 1. The molecule has 0 unspecified atom stereocenters. The second kappa shape index (κ2) is 21.5. The van der Waals surface area contributed by atoms with Crippen LogP contribution in [0.5, 0.6) is 17.2 Å². The number of nitrogens with zero attached hydrogens (tertiary/aromatic N) is 6. The lowest BCUT2D eigenvalue weighted by molar-refractivity contribution is 0.0516. The van der Waals surface area contributed by atoms with Crippen molar-refractivity contribution in [3.63, 3.8) is 0 Å². The predicted molar refractivity (Wildman–Crippen MR) is 249 cm³/mol. The van der Waals surface area contributed by atoms with Gasteiger partial charge in [-0.15, -0.1) is 0 Å². The number of carboxylic acids is 1. The van der Waals surface area contributed by atoms with Gasteiger partial charge in [-0.05, 0) is 120 Å². The summed E-state index contributed by atoms with van der Waals surface area (Å²) in [6.45, 7) is 11.8. The number of pyridine rings is 3. The number of imidazole rings is 3. The van der Waals surface area contributed by atoms with Gasteiger partial charge < -0.3 is 28.5 Å². The summed E-state index contributed by atoms with van der Waals surface area (Å²) in [5.41, 5.74) is 5.34. The van der Waals surface area contributed by atoms with Gasteiger partial charge in [-0.1, -0.05) is 18.2 Å². The Hall–Kier alpha value is -8.35. The lowest BCUT2D eigenvalue weighted by Gasteiger charge is -2.11. The third-order valence-corrected chi connectivity index (χ3v) is 10.7. The van der Waals surface area contributed by atoms with E-state index in [0.717, 1.165) is 34.5 Å². The maximum atomic E-state index is 13.8. The van der Waals surface area contributed by atoms with E-state index in [1.165, 1.54) is 46.9 Å². The fourth-order valence-corrected chi connectivity index (χ4v) is 7.52. The zero-order valence-corrected chi connectivity index (χ0v) is 39.4. The van der Waals surface area contributed by atoms with Crippen molar-refractivity contribution in [3.05, 3.63) is 194 Å². The SMILES string of the molecule is CCOC(=O)c1c(C)nc2c(OCc3c(F)cccc3F)cc(C)cn12.Cc1cc(OCc2c(F)cccc2F)c2nc(C)c(C(=O)O)n2c1.Cc1cc(OCc2c(F)cccc2F)c2nc(C)cn2c1. The van der Waals surface area contributed by atoms with Gasteiger partial charge in [-0.2, -0.15) is 0 Å². The van der Waals surface area contributed by atoms with Gasteiger partial charge >= 0.3 is 11.9 Å². The topological polar surface area (TPSA) is 143 Å². The normalized spacial score (nSPS) is 11.0. The van der Waals surface area contributed by atoms with Crippen LogP contribution in [0.1, 0.15) is 78.4 Å². The van der Waals surface area contributed by atoms with E-state index in [-0.39, 0.29) is 60.2 Å². The molecule has 13 nitrogen and oxygen atoms in total. The van der Waals surface area contributed by atoms with E-state index in [1.54, 1.807) is 62.7 Å². The van der Waals surface area contributed by atoms with Gasteiger partial charge in [0.25, 0.3) is 0 Å². The van der Waals surface area contributed by atoms with Gasteiger partial charge in [0.1, 0.15) is 54.7 Å². The van der Waals surface area contributed by atoms with E-state index < -0.39 is 46.8 Å². The highest BCUT2D eigenvalue weighted by Crippen LogP contribution is 2.29. The number of hydrogen-bond donors (Lipinski definition) is 1. The number of fused-ring (bicyclic) bond motifs is 3. The highest BCUT2D eigenvalue weighted by atomic mass is 19.2. The second-order valence-corrected chi connectivity index (χ2v) is 16.2. The van der Waals surface area contributed by atoms with Crippen molar-refractivity contribution in [2.24, 2.45) is 0 Å². The number of hydrogen-bond acceptors (Lipinski definition) is 9. The average Bonchev–Trinajstić information content (AvgIpc) is 3.96. The molecule has 19 heteroatoms. The molecule has 6 aromatic heterocycles. The Kier molecular flexibility index (Phi) is 15.3. The van der Waals surface area contributed by atoms with Crippen LogP contribution in [0.3, 0.4) is 0 Å². The average molecular weight is 981 g/mol. The molecule has 0 saturated carbocycles. The molecular formula is C52H46F6N6O7. The number of aromatic carboxylic acids is 1. The van der Waals surface area contributed by atoms with E-state index in [1.807, 2.05) is 37.6 Å². The van der Waals surface area contributed by atoms with Crippen LogP contribution in [0.15, 0.2) is 97.6 Å². The van der Waals surface area contributed by atoms with E-state index in [4.69, 9.17) is 18.9 Å². The molecule has 0 amide bonds. The van der Waals surface area contributed by atoms with Crippen LogP contribution >= 0.6 is 0 Å². The first-order valence-electron chi connectivity index (χ1n) is 21.9. The Morgan fingerprint density at radius 3 is 1.28 bits per heavy atom. The first-order valence-corrected chi connectivity index (χ1v) is 21.9. The summed E-state index contributed by atoms with van der Waals surface area (Å²) in [5.74, 6) is -4.51. The minimum atomic E-state index is -1.11. The Morgan fingerprint density at radius 2 is 0.887 bits per heavy atom. The maximum absolute atomic E-state index is 13.8. The van der Waals surface area contributed by atoms with Gasteiger partial charge in [0, 0.05) is 24.8 Å². The lowest BCUT2D eigenvalue weighted by atomic mass is 10.2. The number of carbonyl (C=O) groups excluding carboxylic acids is 1. The summed E-state index contributed by atoms with van der Waals surface area (Å²) in [6, 6.07) is 16.1. The largest absolute Gasteiger partial charge is 0.485 e. The van der Waals surface area contributed by atoms with Gasteiger partial charge in [0.15, 0.2) is 45.6 Å². The van der Waals surface area contributed by atoms with Crippen molar-refractivity contribution < 1.29 is 60.0 Å². The molecule has 0 bridgehead atoms. The molecule has 9 rings (SSSR count). The molecule has 0 radical (unpaired) electrons. The fraction of sp³-hybridized carbons (Fsp3) is 0.212. The number of esters is 1. The first-order chi connectivity index (χ1) is 33.8. The molecule has 0 aliphatic carbocycles. The molecule has 9 aromatic rings. The van der Waals surface area contributed by atoms with E-state index in [9.17, 15) is 41.0 Å². The summed E-state index contributed by atoms with van der Waals surface area (Å²) < 4.78 is 109. The molecular weight excluding hydrogens is 935 g/mol. The summed E-state index contributed by atoms with van der Waals surface area (Å²) in [5, 5.41) is 9.31. The van der Waals surface area contributed by atoms with E-state index >= 15 is 0 Å². The molecule has 0 atom stereocenters.